The van der Waals surface area contributed by atoms with Gasteiger partial charge in [0.15, 0.2) is 11.5 Å². The maximum absolute atomic E-state index is 12.2. The van der Waals surface area contributed by atoms with Crippen LogP contribution in [-0.2, 0) is 11.3 Å². The van der Waals surface area contributed by atoms with Gasteiger partial charge in [-0.15, -0.1) is 0 Å². The average molecular weight is 364 g/mol. The molecule has 2 atom stereocenters. The Labute approximate surface area is 154 Å². The summed E-state index contributed by atoms with van der Waals surface area (Å²) < 4.78 is 21.2. The van der Waals surface area contributed by atoms with Gasteiger partial charge in [-0.25, -0.2) is 4.79 Å². The molecule has 3 N–H and O–H groups in total. The van der Waals surface area contributed by atoms with E-state index in [1.807, 2.05) is 0 Å². The van der Waals surface area contributed by atoms with Gasteiger partial charge in [0.05, 0.1) is 21.3 Å². The molecule has 0 bridgehead atoms. The number of nitrogens with two attached hydrogens (primary N) is 1. The molecule has 0 unspecified atom stereocenters. The summed E-state index contributed by atoms with van der Waals surface area (Å²) in [5.74, 6) is 1.52. The van der Waals surface area contributed by atoms with Gasteiger partial charge in [0.25, 0.3) is 0 Å². The van der Waals surface area contributed by atoms with Gasteiger partial charge in [-0.1, -0.05) is 12.2 Å². The first kappa shape index (κ1) is 19.9. The molecule has 1 aromatic rings. The van der Waals surface area contributed by atoms with Crippen LogP contribution in [0.4, 0.5) is 4.79 Å². The van der Waals surface area contributed by atoms with Crippen LogP contribution in [0.25, 0.3) is 0 Å². The summed E-state index contributed by atoms with van der Waals surface area (Å²) in [7, 11) is 4.62. The number of rotatable bonds is 6. The van der Waals surface area contributed by atoms with E-state index in [-0.39, 0.29) is 18.7 Å². The van der Waals surface area contributed by atoms with Crippen LogP contribution in [0.3, 0.4) is 0 Å². The summed E-state index contributed by atoms with van der Waals surface area (Å²) in [6.07, 6.45) is 7.25. The number of nitrogens with one attached hydrogen (secondary N) is 1. The Morgan fingerprint density at radius 2 is 1.69 bits per heavy atom. The molecule has 0 aromatic heterocycles. The van der Waals surface area contributed by atoms with Gasteiger partial charge in [0.2, 0.25) is 5.75 Å². The highest BCUT2D eigenvalue weighted by molar-refractivity contribution is 5.67. The van der Waals surface area contributed by atoms with Gasteiger partial charge in [-0.05, 0) is 43.4 Å². The van der Waals surface area contributed by atoms with Crippen molar-refractivity contribution in [2.24, 2.45) is 5.73 Å². The molecule has 0 spiro atoms. The van der Waals surface area contributed by atoms with Gasteiger partial charge in [0, 0.05) is 12.1 Å². The number of hydrogen-bond acceptors (Lipinski definition) is 6. The Morgan fingerprint density at radius 3 is 2.27 bits per heavy atom. The standard InChI is InChI=1S/C19H28N2O5/c1-23-16-10-13(11-17(24-2)18(16)25-3)12-26-19(22)21-15-9-7-5-4-6-8-14(15)20/h4-5,10-11,14-15H,6-9,12,20H2,1-3H3,(H,21,22)/t14-,15+/m0/s1. The van der Waals surface area contributed by atoms with Gasteiger partial charge in [0.1, 0.15) is 6.61 Å². The van der Waals surface area contributed by atoms with Crippen LogP contribution in [0.5, 0.6) is 17.2 Å². The molecule has 0 saturated carbocycles. The average Bonchev–Trinajstić information content (AvgIpc) is 2.65. The van der Waals surface area contributed by atoms with Crippen molar-refractivity contribution in [2.45, 2.75) is 44.4 Å². The zero-order valence-electron chi connectivity index (χ0n) is 15.6. The molecule has 0 fully saturated rings. The van der Waals surface area contributed by atoms with Crippen LogP contribution in [0, 0.1) is 0 Å². The molecule has 0 heterocycles. The molecular formula is C19H28N2O5. The molecule has 26 heavy (non-hydrogen) atoms. The zero-order chi connectivity index (χ0) is 18.9. The predicted molar refractivity (Wildman–Crippen MR) is 98.8 cm³/mol. The number of ether oxygens (including phenoxy) is 4. The summed E-state index contributed by atoms with van der Waals surface area (Å²) in [4.78, 5) is 12.2. The molecule has 7 nitrogen and oxygen atoms in total. The smallest absolute Gasteiger partial charge is 0.407 e. The maximum atomic E-state index is 12.2. The molecule has 2 rings (SSSR count). The first-order valence-corrected chi connectivity index (χ1v) is 8.71. The third-order valence-electron chi connectivity index (χ3n) is 4.39. The minimum atomic E-state index is -0.483. The number of hydrogen-bond donors (Lipinski definition) is 2. The van der Waals surface area contributed by atoms with E-state index in [9.17, 15) is 4.79 Å². The van der Waals surface area contributed by atoms with Crippen LogP contribution in [-0.4, -0.2) is 39.5 Å². The fourth-order valence-corrected chi connectivity index (χ4v) is 2.96. The highest BCUT2D eigenvalue weighted by Gasteiger charge is 2.21. The topological polar surface area (TPSA) is 92.0 Å². The number of methoxy groups -OCH3 is 3. The first-order chi connectivity index (χ1) is 12.6. The lowest BCUT2D eigenvalue weighted by atomic mass is 9.96. The lowest BCUT2D eigenvalue weighted by Gasteiger charge is -2.25. The number of alkyl carbamates (subject to hydrolysis) is 1. The van der Waals surface area contributed by atoms with E-state index >= 15 is 0 Å². The molecule has 7 heteroatoms. The van der Waals surface area contributed by atoms with Crippen molar-refractivity contribution < 1.29 is 23.7 Å². The summed E-state index contributed by atoms with van der Waals surface area (Å²) in [5, 5.41) is 2.88. The molecule has 1 aliphatic rings. The molecule has 1 aliphatic carbocycles. The lowest BCUT2D eigenvalue weighted by Crippen LogP contribution is -2.47. The first-order valence-electron chi connectivity index (χ1n) is 8.71. The highest BCUT2D eigenvalue weighted by Crippen LogP contribution is 2.38. The van der Waals surface area contributed by atoms with E-state index in [1.54, 1.807) is 26.4 Å². The fourth-order valence-electron chi connectivity index (χ4n) is 2.96. The Morgan fingerprint density at radius 1 is 1.08 bits per heavy atom. The van der Waals surface area contributed by atoms with Crippen LogP contribution < -0.4 is 25.3 Å². The number of amides is 1. The number of carbonyl (C=O) groups is 1. The third-order valence-corrected chi connectivity index (χ3v) is 4.39. The molecule has 0 aliphatic heterocycles. The fraction of sp³-hybridized carbons (Fsp3) is 0.526. The van der Waals surface area contributed by atoms with Crippen molar-refractivity contribution in [3.63, 3.8) is 0 Å². The normalized spacial score (nSPS) is 19.8. The molecule has 0 radical (unpaired) electrons. The Balaban J connectivity index is 1.97. The molecule has 1 amide bonds. The van der Waals surface area contributed by atoms with Gasteiger partial charge < -0.3 is 30.0 Å². The van der Waals surface area contributed by atoms with Crippen molar-refractivity contribution in [3.05, 3.63) is 29.8 Å². The summed E-state index contributed by atoms with van der Waals surface area (Å²) in [6, 6.07) is 3.34. The van der Waals surface area contributed by atoms with Crippen LogP contribution in [0.1, 0.15) is 31.2 Å². The molecule has 0 saturated heterocycles. The quantitative estimate of drug-likeness (QED) is 0.754. The number of benzene rings is 1. The number of allylic oxidation sites excluding steroid dienone is 2. The van der Waals surface area contributed by atoms with E-state index in [4.69, 9.17) is 24.7 Å². The zero-order valence-corrected chi connectivity index (χ0v) is 15.6. The van der Waals surface area contributed by atoms with E-state index in [0.717, 1.165) is 31.2 Å². The largest absolute Gasteiger partial charge is 0.493 e. The van der Waals surface area contributed by atoms with Crippen molar-refractivity contribution in [3.8, 4) is 17.2 Å². The van der Waals surface area contributed by atoms with Crippen molar-refractivity contribution in [2.75, 3.05) is 21.3 Å². The van der Waals surface area contributed by atoms with Gasteiger partial charge in [-0.2, -0.15) is 0 Å². The summed E-state index contributed by atoms with van der Waals surface area (Å²) >= 11 is 0. The van der Waals surface area contributed by atoms with Gasteiger partial charge in [-0.3, -0.25) is 0 Å². The van der Waals surface area contributed by atoms with E-state index in [2.05, 4.69) is 17.5 Å². The van der Waals surface area contributed by atoms with Crippen LogP contribution in [0.2, 0.25) is 0 Å². The summed E-state index contributed by atoms with van der Waals surface area (Å²) in [5.41, 5.74) is 6.90. The Kier molecular flexibility index (Phi) is 7.59. The molecule has 144 valence electrons. The molecule has 1 aromatic carbocycles. The van der Waals surface area contributed by atoms with E-state index in [0.29, 0.717) is 17.2 Å². The predicted octanol–water partition coefficient (Wildman–Crippen LogP) is 2.76. The lowest BCUT2D eigenvalue weighted by molar-refractivity contribution is 0.132. The third kappa shape index (κ3) is 5.29. The van der Waals surface area contributed by atoms with Gasteiger partial charge >= 0.3 is 6.09 Å². The summed E-state index contributed by atoms with van der Waals surface area (Å²) in [6.45, 7) is 0.0877. The van der Waals surface area contributed by atoms with Crippen LogP contribution >= 0.6 is 0 Å². The van der Waals surface area contributed by atoms with Crippen molar-refractivity contribution in [1.29, 1.82) is 0 Å². The SMILES string of the molecule is COc1cc(COC(=O)N[C@@H]2CCC=CCC[C@@H]2N)cc(OC)c1OC. The van der Waals surface area contributed by atoms with Crippen molar-refractivity contribution >= 4 is 6.09 Å². The molecular weight excluding hydrogens is 336 g/mol. The monoisotopic (exact) mass is 364 g/mol. The Bertz CT molecular complexity index is 607. The Hall–Kier alpha value is -2.41. The second-order valence-corrected chi connectivity index (χ2v) is 6.15. The van der Waals surface area contributed by atoms with E-state index < -0.39 is 6.09 Å². The minimum absolute atomic E-state index is 0.0753. The number of carbonyl (C=O) groups excluding carboxylic acids is 1. The van der Waals surface area contributed by atoms with E-state index in [1.165, 1.54) is 7.11 Å². The second-order valence-electron chi connectivity index (χ2n) is 6.15. The second kappa shape index (κ2) is 9.91. The highest BCUT2D eigenvalue weighted by atomic mass is 16.5. The minimum Gasteiger partial charge on any atom is -0.493 e. The van der Waals surface area contributed by atoms with Crippen molar-refractivity contribution in [1.82, 2.24) is 5.32 Å². The maximum Gasteiger partial charge on any atom is 0.407 e. The van der Waals surface area contributed by atoms with Crippen LogP contribution in [0.15, 0.2) is 24.3 Å².